The Kier molecular flexibility index (Phi) is 4.73. The highest BCUT2D eigenvalue weighted by Crippen LogP contribution is 2.30. The SMILES string of the molecule is COc1cc(-c2ccc(C(=O)NC3CCc4cn[nH]c4C3)cc2)c(N)nc1C. The van der Waals surface area contributed by atoms with Crippen LogP contribution in [0.2, 0.25) is 0 Å². The number of hydrogen-bond acceptors (Lipinski definition) is 5. The average molecular weight is 377 g/mol. The molecular weight excluding hydrogens is 354 g/mol. The molecule has 0 radical (unpaired) electrons. The zero-order valence-electron chi connectivity index (χ0n) is 16.0. The molecule has 1 amide bonds. The first-order valence-corrected chi connectivity index (χ1v) is 9.28. The van der Waals surface area contributed by atoms with Gasteiger partial charge in [0.2, 0.25) is 0 Å². The van der Waals surface area contributed by atoms with Gasteiger partial charge in [-0.25, -0.2) is 4.98 Å². The number of nitrogens with one attached hydrogen (secondary N) is 2. The molecule has 0 bridgehead atoms. The summed E-state index contributed by atoms with van der Waals surface area (Å²) >= 11 is 0. The smallest absolute Gasteiger partial charge is 0.251 e. The third kappa shape index (κ3) is 3.43. The summed E-state index contributed by atoms with van der Waals surface area (Å²) in [4.78, 5) is 17.0. The van der Waals surface area contributed by atoms with E-state index in [1.54, 1.807) is 19.2 Å². The number of nitrogens with two attached hydrogens (primary N) is 1. The molecule has 1 aliphatic carbocycles. The van der Waals surface area contributed by atoms with Crippen LogP contribution in [0, 0.1) is 6.92 Å². The number of pyridine rings is 1. The fraction of sp³-hybridized carbons (Fsp3) is 0.286. The van der Waals surface area contributed by atoms with Gasteiger partial charge in [0, 0.05) is 29.3 Å². The number of fused-ring (bicyclic) bond motifs is 1. The molecule has 2 heterocycles. The number of nitrogens with zero attached hydrogens (tertiary/aromatic N) is 2. The third-order valence-electron chi connectivity index (χ3n) is 5.23. The molecule has 1 aliphatic rings. The van der Waals surface area contributed by atoms with Gasteiger partial charge in [0.25, 0.3) is 5.91 Å². The molecule has 7 nitrogen and oxygen atoms in total. The molecule has 144 valence electrons. The van der Waals surface area contributed by atoms with Crippen molar-refractivity contribution in [2.24, 2.45) is 0 Å². The van der Waals surface area contributed by atoms with Gasteiger partial charge in [-0.05, 0) is 49.1 Å². The van der Waals surface area contributed by atoms with Gasteiger partial charge in [-0.2, -0.15) is 5.10 Å². The summed E-state index contributed by atoms with van der Waals surface area (Å²) in [5, 5.41) is 10.2. The highest BCUT2D eigenvalue weighted by Gasteiger charge is 2.22. The van der Waals surface area contributed by atoms with E-state index in [1.807, 2.05) is 31.3 Å². The number of nitrogen functional groups attached to an aromatic ring is 1. The molecule has 4 rings (SSSR count). The Balaban J connectivity index is 1.48. The van der Waals surface area contributed by atoms with Crippen LogP contribution in [0.15, 0.2) is 36.5 Å². The number of ether oxygens (including phenoxy) is 1. The van der Waals surface area contributed by atoms with E-state index in [2.05, 4.69) is 20.5 Å². The minimum atomic E-state index is -0.0768. The first-order chi connectivity index (χ1) is 13.5. The second kappa shape index (κ2) is 7.34. The van der Waals surface area contributed by atoms with Crippen LogP contribution in [0.25, 0.3) is 11.1 Å². The second-order valence-electron chi connectivity index (χ2n) is 7.07. The predicted molar refractivity (Wildman–Crippen MR) is 107 cm³/mol. The minimum absolute atomic E-state index is 0.0768. The van der Waals surface area contributed by atoms with E-state index in [1.165, 1.54) is 5.56 Å². The first kappa shape index (κ1) is 18.0. The average Bonchev–Trinajstić information content (AvgIpc) is 3.16. The van der Waals surface area contributed by atoms with Crippen LogP contribution < -0.4 is 15.8 Å². The van der Waals surface area contributed by atoms with Gasteiger partial charge in [-0.1, -0.05) is 12.1 Å². The van der Waals surface area contributed by atoms with E-state index in [4.69, 9.17) is 10.5 Å². The number of rotatable bonds is 4. The van der Waals surface area contributed by atoms with E-state index < -0.39 is 0 Å². The number of carbonyl (C=O) groups excluding carboxylic acids is 1. The molecule has 28 heavy (non-hydrogen) atoms. The number of anilines is 1. The minimum Gasteiger partial charge on any atom is -0.495 e. The molecule has 1 aromatic carbocycles. The largest absolute Gasteiger partial charge is 0.495 e. The number of H-pyrrole nitrogens is 1. The molecule has 4 N–H and O–H groups in total. The Hall–Kier alpha value is -3.35. The van der Waals surface area contributed by atoms with Crippen molar-refractivity contribution in [1.82, 2.24) is 20.5 Å². The van der Waals surface area contributed by atoms with Gasteiger partial charge >= 0.3 is 0 Å². The lowest BCUT2D eigenvalue weighted by Crippen LogP contribution is -2.38. The molecule has 0 saturated heterocycles. The Morgan fingerprint density at radius 1 is 1.32 bits per heavy atom. The van der Waals surface area contributed by atoms with Gasteiger partial charge in [-0.15, -0.1) is 0 Å². The Bertz CT molecular complexity index is 1010. The molecule has 0 spiro atoms. The molecular formula is C21H23N5O2. The van der Waals surface area contributed by atoms with Gasteiger partial charge in [-0.3, -0.25) is 9.89 Å². The summed E-state index contributed by atoms with van der Waals surface area (Å²) < 4.78 is 5.34. The summed E-state index contributed by atoms with van der Waals surface area (Å²) in [6.45, 7) is 1.85. The lowest BCUT2D eigenvalue weighted by atomic mass is 9.93. The highest BCUT2D eigenvalue weighted by molar-refractivity contribution is 5.95. The van der Waals surface area contributed by atoms with Crippen LogP contribution in [-0.4, -0.2) is 34.2 Å². The fourth-order valence-electron chi connectivity index (χ4n) is 3.64. The highest BCUT2D eigenvalue weighted by atomic mass is 16.5. The van der Waals surface area contributed by atoms with Crippen molar-refractivity contribution in [1.29, 1.82) is 0 Å². The van der Waals surface area contributed by atoms with Crippen molar-refractivity contribution in [3.63, 3.8) is 0 Å². The van der Waals surface area contributed by atoms with Crippen molar-refractivity contribution < 1.29 is 9.53 Å². The summed E-state index contributed by atoms with van der Waals surface area (Å²) in [6, 6.07) is 9.36. The van der Waals surface area contributed by atoms with Gasteiger partial charge in [0.15, 0.2) is 0 Å². The molecule has 0 saturated carbocycles. The number of amides is 1. The summed E-state index contributed by atoms with van der Waals surface area (Å²) in [5.41, 5.74) is 11.5. The molecule has 1 unspecified atom stereocenters. The Morgan fingerprint density at radius 3 is 2.86 bits per heavy atom. The van der Waals surface area contributed by atoms with Gasteiger partial charge in [0.05, 0.1) is 19.0 Å². The predicted octanol–water partition coefficient (Wildman–Crippen LogP) is 2.66. The van der Waals surface area contributed by atoms with Crippen molar-refractivity contribution in [2.75, 3.05) is 12.8 Å². The van der Waals surface area contributed by atoms with Crippen molar-refractivity contribution in [3.8, 4) is 16.9 Å². The molecule has 0 fully saturated rings. The van der Waals surface area contributed by atoms with Crippen LogP contribution in [-0.2, 0) is 12.8 Å². The van der Waals surface area contributed by atoms with E-state index in [0.717, 1.165) is 41.8 Å². The third-order valence-corrected chi connectivity index (χ3v) is 5.23. The fourth-order valence-corrected chi connectivity index (χ4v) is 3.64. The van der Waals surface area contributed by atoms with Crippen molar-refractivity contribution in [2.45, 2.75) is 32.2 Å². The monoisotopic (exact) mass is 377 g/mol. The lowest BCUT2D eigenvalue weighted by Gasteiger charge is -2.22. The van der Waals surface area contributed by atoms with Gasteiger partial charge < -0.3 is 15.8 Å². The molecule has 7 heteroatoms. The number of aromatic nitrogens is 3. The number of hydrogen-bond donors (Lipinski definition) is 3. The number of benzene rings is 1. The Labute approximate surface area is 163 Å². The topological polar surface area (TPSA) is 106 Å². The van der Waals surface area contributed by atoms with Crippen LogP contribution in [0.3, 0.4) is 0 Å². The van der Waals surface area contributed by atoms with Crippen LogP contribution >= 0.6 is 0 Å². The molecule has 2 aromatic heterocycles. The van der Waals surface area contributed by atoms with E-state index in [-0.39, 0.29) is 11.9 Å². The molecule has 0 aliphatic heterocycles. The standard InChI is InChI=1S/C21H23N5O2/c1-12-19(28-2)10-17(20(22)24-12)13-3-5-14(6-4-13)21(27)25-16-8-7-15-11-23-26-18(15)9-16/h3-6,10-11,16H,7-9H2,1-2H3,(H2,22,24)(H,23,26)(H,25,27). The first-order valence-electron chi connectivity index (χ1n) is 9.28. The quantitative estimate of drug-likeness (QED) is 0.648. The molecule has 3 aromatic rings. The maximum atomic E-state index is 12.6. The maximum absolute atomic E-state index is 12.6. The summed E-state index contributed by atoms with van der Waals surface area (Å²) in [5.74, 6) is 1.04. The maximum Gasteiger partial charge on any atom is 0.251 e. The van der Waals surface area contributed by atoms with Crippen LogP contribution in [0.5, 0.6) is 5.75 Å². The van der Waals surface area contributed by atoms with Crippen molar-refractivity contribution >= 4 is 11.7 Å². The van der Waals surface area contributed by atoms with E-state index in [9.17, 15) is 4.79 Å². The summed E-state index contributed by atoms with van der Waals surface area (Å²) in [7, 11) is 1.61. The zero-order valence-corrected chi connectivity index (χ0v) is 16.0. The van der Waals surface area contributed by atoms with Gasteiger partial charge in [0.1, 0.15) is 11.6 Å². The van der Waals surface area contributed by atoms with Crippen LogP contribution in [0.4, 0.5) is 5.82 Å². The number of methoxy groups -OCH3 is 1. The zero-order chi connectivity index (χ0) is 19.7. The lowest BCUT2D eigenvalue weighted by molar-refractivity contribution is 0.0933. The van der Waals surface area contributed by atoms with E-state index in [0.29, 0.717) is 17.1 Å². The molecule has 1 atom stereocenters. The van der Waals surface area contributed by atoms with E-state index >= 15 is 0 Å². The summed E-state index contributed by atoms with van der Waals surface area (Å²) in [6.07, 6.45) is 4.50. The Morgan fingerprint density at radius 2 is 2.11 bits per heavy atom. The normalized spacial score (nSPS) is 15.7. The second-order valence-corrected chi connectivity index (χ2v) is 7.07. The van der Waals surface area contributed by atoms with Crippen molar-refractivity contribution in [3.05, 3.63) is 59.0 Å². The number of carbonyl (C=O) groups is 1. The van der Waals surface area contributed by atoms with Crippen LogP contribution in [0.1, 0.15) is 33.7 Å². The number of aryl methyl sites for hydroxylation is 2. The number of aromatic amines is 1.